The van der Waals surface area contributed by atoms with E-state index < -0.39 is 6.29 Å². The van der Waals surface area contributed by atoms with E-state index in [1.54, 1.807) is 5.01 Å². The molecule has 4 fully saturated rings. The van der Waals surface area contributed by atoms with Gasteiger partial charge in [0.25, 0.3) is 0 Å². The highest BCUT2D eigenvalue weighted by Crippen LogP contribution is 2.41. The minimum atomic E-state index is -0.572. The van der Waals surface area contributed by atoms with E-state index in [4.69, 9.17) is 0 Å². The van der Waals surface area contributed by atoms with Crippen molar-refractivity contribution in [1.82, 2.24) is 25.6 Å². The maximum atomic E-state index is 13.9. The number of aryl methyl sites for hydroxylation is 1. The fraction of sp³-hybridized carbons (Fsp3) is 0.500. The Bertz CT molecular complexity index is 1200. The van der Waals surface area contributed by atoms with Crippen molar-refractivity contribution >= 4 is 17.8 Å². The third kappa shape index (κ3) is 4.66. The third-order valence-corrected chi connectivity index (χ3v) is 8.91. The molecule has 0 bridgehead atoms. The molecule has 0 spiro atoms. The van der Waals surface area contributed by atoms with Crippen LogP contribution in [0.2, 0.25) is 0 Å². The molecule has 2 aromatic carbocycles. The summed E-state index contributed by atoms with van der Waals surface area (Å²) in [5.74, 6) is -0.325. The van der Waals surface area contributed by atoms with E-state index in [0.717, 1.165) is 29.5 Å². The molecule has 0 radical (unpaired) electrons. The van der Waals surface area contributed by atoms with Crippen LogP contribution in [0.25, 0.3) is 0 Å². The molecule has 2 N–H and O–H groups in total. The molecule has 6 rings (SSSR count). The van der Waals surface area contributed by atoms with E-state index in [9.17, 15) is 14.4 Å². The Hall–Kier alpha value is -3.39. The molecule has 2 saturated carbocycles. The Balaban J connectivity index is 1.27. The van der Waals surface area contributed by atoms with Crippen LogP contribution in [0.15, 0.2) is 54.6 Å². The minimum Gasteiger partial charge on any atom is -0.353 e. The zero-order chi connectivity index (χ0) is 26.2. The first-order chi connectivity index (χ1) is 18.5. The number of hydrogen-bond acceptors (Lipinski definition) is 4. The highest BCUT2D eigenvalue weighted by molar-refractivity contribution is 5.87. The van der Waals surface area contributed by atoms with Gasteiger partial charge in [-0.15, -0.1) is 0 Å². The van der Waals surface area contributed by atoms with Gasteiger partial charge in [-0.2, -0.15) is 5.43 Å². The fourth-order valence-corrected chi connectivity index (χ4v) is 6.76. The number of amides is 4. The molecule has 0 aromatic heterocycles. The van der Waals surface area contributed by atoms with Gasteiger partial charge in [-0.25, -0.2) is 4.79 Å². The summed E-state index contributed by atoms with van der Waals surface area (Å²) in [7, 11) is 0. The average molecular weight is 516 g/mol. The summed E-state index contributed by atoms with van der Waals surface area (Å²) < 4.78 is 0. The molecule has 4 amide bonds. The number of hydrazine groups is 1. The summed E-state index contributed by atoms with van der Waals surface area (Å²) in [6.07, 6.45) is 5.66. The monoisotopic (exact) mass is 515 g/mol. The number of nitrogens with one attached hydrogen (secondary N) is 2. The second kappa shape index (κ2) is 10.4. The van der Waals surface area contributed by atoms with E-state index in [-0.39, 0.29) is 41.8 Å². The van der Waals surface area contributed by atoms with Gasteiger partial charge in [0.05, 0.1) is 12.5 Å². The summed E-state index contributed by atoms with van der Waals surface area (Å²) in [5, 5.41) is 4.89. The Kier molecular flexibility index (Phi) is 6.82. The van der Waals surface area contributed by atoms with Crippen LogP contribution in [0.3, 0.4) is 0 Å². The van der Waals surface area contributed by atoms with Crippen molar-refractivity contribution in [1.29, 1.82) is 0 Å². The van der Waals surface area contributed by atoms with Crippen LogP contribution < -0.4 is 10.7 Å². The maximum Gasteiger partial charge on any atom is 0.337 e. The average Bonchev–Trinajstić information content (AvgIpc) is 3.56. The van der Waals surface area contributed by atoms with Crippen molar-refractivity contribution in [3.05, 3.63) is 71.3 Å². The van der Waals surface area contributed by atoms with Crippen LogP contribution in [-0.2, 0) is 22.7 Å². The number of carbonyl (C=O) groups excluding carboxylic acids is 3. The number of urea groups is 1. The third-order valence-electron chi connectivity index (χ3n) is 8.91. The van der Waals surface area contributed by atoms with Crippen molar-refractivity contribution in [3.8, 4) is 0 Å². The summed E-state index contributed by atoms with van der Waals surface area (Å²) in [6, 6.07) is 17.8. The number of hydrogen-bond donors (Lipinski definition) is 2. The Morgan fingerprint density at radius 2 is 1.68 bits per heavy atom. The lowest BCUT2D eigenvalue weighted by Gasteiger charge is -2.49. The number of rotatable bonds is 6. The molecule has 2 saturated heterocycles. The SMILES string of the molecule is Cc1ccccc1CN1NC2N(Cc3ccccc3)C(=O)C3CCC(C(=O)NC4CCCC4)CC3N2C1=O. The molecule has 8 heteroatoms. The summed E-state index contributed by atoms with van der Waals surface area (Å²) >= 11 is 0. The molecule has 2 heterocycles. The molecule has 8 nitrogen and oxygen atoms in total. The normalized spacial score (nSPS) is 27.4. The smallest absolute Gasteiger partial charge is 0.337 e. The van der Waals surface area contributed by atoms with Crippen molar-refractivity contribution in [2.75, 3.05) is 0 Å². The summed E-state index contributed by atoms with van der Waals surface area (Å²) in [5.41, 5.74) is 6.57. The van der Waals surface area contributed by atoms with Crippen LogP contribution in [0.5, 0.6) is 0 Å². The van der Waals surface area contributed by atoms with Gasteiger partial charge in [0.1, 0.15) is 0 Å². The number of nitrogens with zero attached hydrogens (tertiary/aromatic N) is 3. The van der Waals surface area contributed by atoms with E-state index in [1.165, 1.54) is 12.8 Å². The predicted molar refractivity (Wildman–Crippen MR) is 143 cm³/mol. The van der Waals surface area contributed by atoms with Crippen LogP contribution >= 0.6 is 0 Å². The molecule has 4 unspecified atom stereocenters. The van der Waals surface area contributed by atoms with E-state index in [0.29, 0.717) is 32.4 Å². The van der Waals surface area contributed by atoms with Gasteiger partial charge in [0.15, 0.2) is 6.29 Å². The molecule has 200 valence electrons. The van der Waals surface area contributed by atoms with Gasteiger partial charge in [-0.3, -0.25) is 19.5 Å². The number of benzene rings is 2. The van der Waals surface area contributed by atoms with Gasteiger partial charge in [-0.05, 0) is 55.7 Å². The second-order valence-corrected chi connectivity index (χ2v) is 11.3. The molecule has 4 atom stereocenters. The predicted octanol–water partition coefficient (Wildman–Crippen LogP) is 3.91. The number of carbonyl (C=O) groups is 3. The molecular formula is C30H37N5O3. The van der Waals surface area contributed by atoms with Crippen molar-refractivity contribution in [3.63, 3.8) is 0 Å². The van der Waals surface area contributed by atoms with Crippen LogP contribution in [0.4, 0.5) is 4.79 Å². The highest BCUT2D eigenvalue weighted by atomic mass is 16.2. The lowest BCUT2D eigenvalue weighted by Crippen LogP contribution is -2.66. The molecule has 2 aliphatic carbocycles. The lowest BCUT2D eigenvalue weighted by molar-refractivity contribution is -0.160. The maximum absolute atomic E-state index is 13.9. The molecule has 38 heavy (non-hydrogen) atoms. The summed E-state index contributed by atoms with van der Waals surface area (Å²) in [4.78, 5) is 44.7. The second-order valence-electron chi connectivity index (χ2n) is 11.3. The minimum absolute atomic E-state index is 0.0628. The van der Waals surface area contributed by atoms with Crippen LogP contribution in [0, 0.1) is 18.8 Å². The quantitative estimate of drug-likeness (QED) is 0.611. The fourth-order valence-electron chi connectivity index (χ4n) is 6.76. The first kappa shape index (κ1) is 24.9. The van der Waals surface area contributed by atoms with Gasteiger partial charge in [0, 0.05) is 24.5 Å². The first-order valence-corrected chi connectivity index (χ1v) is 14.0. The standard InChI is InChI=1S/C30H37N5O3/c1-20-9-5-6-12-23(20)19-34-30(38)35-26-17-22(27(36)31-24-13-7-8-14-24)15-16-25(26)28(37)33(29(35)32-34)18-21-10-3-2-4-11-21/h2-6,9-12,22,24-26,29,32H,7-8,13-19H2,1H3,(H,31,36). The Labute approximate surface area is 224 Å². The van der Waals surface area contributed by atoms with E-state index >= 15 is 0 Å². The largest absolute Gasteiger partial charge is 0.353 e. The first-order valence-electron chi connectivity index (χ1n) is 14.0. The zero-order valence-corrected chi connectivity index (χ0v) is 22.0. The van der Waals surface area contributed by atoms with Gasteiger partial charge >= 0.3 is 6.03 Å². The molecular weight excluding hydrogens is 478 g/mol. The Morgan fingerprint density at radius 3 is 2.45 bits per heavy atom. The van der Waals surface area contributed by atoms with Gasteiger partial charge < -0.3 is 10.2 Å². The van der Waals surface area contributed by atoms with Gasteiger partial charge in [0.2, 0.25) is 11.8 Å². The molecule has 4 aliphatic rings. The molecule has 2 aromatic rings. The molecule has 2 aliphatic heterocycles. The van der Waals surface area contributed by atoms with Crippen molar-refractivity contribution in [2.24, 2.45) is 11.8 Å². The number of fused-ring (bicyclic) bond motifs is 3. The van der Waals surface area contributed by atoms with Crippen molar-refractivity contribution in [2.45, 2.75) is 83.3 Å². The highest BCUT2D eigenvalue weighted by Gasteiger charge is 2.56. The lowest BCUT2D eigenvalue weighted by atomic mass is 9.75. The van der Waals surface area contributed by atoms with Crippen molar-refractivity contribution < 1.29 is 14.4 Å². The topological polar surface area (TPSA) is 85.0 Å². The Morgan fingerprint density at radius 1 is 0.947 bits per heavy atom. The van der Waals surface area contributed by atoms with E-state index in [1.807, 2.05) is 71.3 Å². The van der Waals surface area contributed by atoms with E-state index in [2.05, 4.69) is 10.7 Å². The summed E-state index contributed by atoms with van der Waals surface area (Å²) in [6.45, 7) is 2.88. The zero-order valence-electron chi connectivity index (χ0n) is 22.0. The van der Waals surface area contributed by atoms with Crippen LogP contribution in [0.1, 0.15) is 61.6 Å². The van der Waals surface area contributed by atoms with Crippen LogP contribution in [-0.4, -0.2) is 51.0 Å². The van der Waals surface area contributed by atoms with Gasteiger partial charge in [-0.1, -0.05) is 67.4 Å².